The average Bonchev–Trinajstić information content (AvgIpc) is 2.92. The Hall–Kier alpha value is -1.75. The second-order valence-electron chi connectivity index (χ2n) is 3.99. The van der Waals surface area contributed by atoms with Crippen LogP contribution in [0.1, 0.15) is 5.56 Å². The van der Waals surface area contributed by atoms with E-state index in [1.54, 1.807) is 17.5 Å². The number of nitrogens with zero attached hydrogens (tertiary/aromatic N) is 1. The Morgan fingerprint density at radius 2 is 2.11 bits per heavy atom. The highest BCUT2D eigenvalue weighted by atomic mass is 32.1. The minimum atomic E-state index is 0.633. The number of benzene rings is 1. The smallest absolute Gasteiger partial charge is 0.182 e. The summed E-state index contributed by atoms with van der Waals surface area (Å²) in [5.74, 6) is 1.70. The summed E-state index contributed by atoms with van der Waals surface area (Å²) in [5.41, 5.74) is 1.24. The molecular weight excluding hydrogens is 248 g/mol. The Bertz CT molecular complexity index is 514. The van der Waals surface area contributed by atoms with Crippen molar-refractivity contribution >= 4 is 16.5 Å². The fourth-order valence-corrected chi connectivity index (χ4v) is 2.43. The minimum Gasteiger partial charge on any atom is -0.486 e. The Kier molecular flexibility index (Phi) is 3.32. The van der Waals surface area contributed by atoms with Gasteiger partial charge in [0.25, 0.3) is 0 Å². The van der Waals surface area contributed by atoms with Gasteiger partial charge in [0.2, 0.25) is 0 Å². The van der Waals surface area contributed by atoms with Crippen LogP contribution in [0.4, 0.5) is 5.13 Å². The molecule has 1 aliphatic rings. The molecule has 3 rings (SSSR count). The Morgan fingerprint density at radius 3 is 2.94 bits per heavy atom. The average molecular weight is 262 g/mol. The molecule has 0 saturated carbocycles. The molecule has 18 heavy (non-hydrogen) atoms. The molecule has 0 radical (unpaired) electrons. The maximum atomic E-state index is 5.56. The van der Waals surface area contributed by atoms with E-state index in [2.05, 4.69) is 22.4 Å². The predicted octanol–water partition coefficient (Wildman–Crippen LogP) is 2.57. The lowest BCUT2D eigenvalue weighted by molar-refractivity contribution is 0.171. The molecular formula is C13H14N2O2S. The fraction of sp³-hybridized carbons (Fsp3) is 0.308. The summed E-state index contributed by atoms with van der Waals surface area (Å²) in [6.45, 7) is 2.14. The van der Waals surface area contributed by atoms with E-state index < -0.39 is 0 Å². The second kappa shape index (κ2) is 5.27. The van der Waals surface area contributed by atoms with Crippen molar-refractivity contribution in [1.82, 2.24) is 4.98 Å². The van der Waals surface area contributed by atoms with Crippen molar-refractivity contribution in [2.45, 2.75) is 6.42 Å². The minimum absolute atomic E-state index is 0.633. The van der Waals surface area contributed by atoms with Crippen molar-refractivity contribution in [3.63, 3.8) is 0 Å². The number of thiazole rings is 1. The quantitative estimate of drug-likeness (QED) is 0.919. The zero-order valence-corrected chi connectivity index (χ0v) is 10.7. The van der Waals surface area contributed by atoms with Crippen LogP contribution in [0, 0.1) is 0 Å². The molecule has 0 bridgehead atoms. The van der Waals surface area contributed by atoms with Gasteiger partial charge in [0.1, 0.15) is 13.2 Å². The number of hydrogen-bond donors (Lipinski definition) is 1. The first-order valence-corrected chi connectivity index (χ1v) is 6.82. The van der Waals surface area contributed by atoms with Gasteiger partial charge in [0.15, 0.2) is 16.6 Å². The lowest BCUT2D eigenvalue weighted by Crippen LogP contribution is -2.15. The summed E-state index contributed by atoms with van der Waals surface area (Å²) >= 11 is 1.61. The van der Waals surface area contributed by atoms with Crippen molar-refractivity contribution in [1.29, 1.82) is 0 Å². The molecule has 2 aromatic rings. The van der Waals surface area contributed by atoms with Crippen LogP contribution in [0.5, 0.6) is 11.5 Å². The van der Waals surface area contributed by atoms with Crippen LogP contribution in [0.15, 0.2) is 29.8 Å². The van der Waals surface area contributed by atoms with Crippen molar-refractivity contribution in [3.8, 4) is 11.5 Å². The zero-order valence-electron chi connectivity index (χ0n) is 9.89. The van der Waals surface area contributed by atoms with Crippen molar-refractivity contribution in [3.05, 3.63) is 35.3 Å². The van der Waals surface area contributed by atoms with Crippen LogP contribution in [-0.2, 0) is 6.42 Å². The van der Waals surface area contributed by atoms with E-state index >= 15 is 0 Å². The number of nitrogens with one attached hydrogen (secondary N) is 1. The van der Waals surface area contributed by atoms with Gasteiger partial charge in [-0.3, -0.25) is 0 Å². The van der Waals surface area contributed by atoms with Crippen LogP contribution < -0.4 is 14.8 Å². The molecule has 5 heteroatoms. The summed E-state index contributed by atoms with van der Waals surface area (Å²) in [5, 5.41) is 6.22. The standard InChI is InChI=1S/C13H14N2O2S/c1-2-11-12(17-7-6-16-11)9-10(1)3-4-14-13-15-5-8-18-13/h1-2,5,8-9H,3-4,6-7H2,(H,14,15). The van der Waals surface area contributed by atoms with E-state index in [4.69, 9.17) is 9.47 Å². The molecule has 0 spiro atoms. The molecule has 0 unspecified atom stereocenters. The fourth-order valence-electron chi connectivity index (χ4n) is 1.87. The first-order chi connectivity index (χ1) is 8.92. The summed E-state index contributed by atoms with van der Waals surface area (Å²) < 4.78 is 11.1. The third-order valence-electron chi connectivity index (χ3n) is 2.73. The number of rotatable bonds is 4. The zero-order chi connectivity index (χ0) is 12.2. The largest absolute Gasteiger partial charge is 0.486 e. The van der Waals surface area contributed by atoms with Crippen molar-refractivity contribution in [2.75, 3.05) is 25.1 Å². The van der Waals surface area contributed by atoms with E-state index in [0.717, 1.165) is 29.6 Å². The van der Waals surface area contributed by atoms with Crippen LogP contribution in [0.3, 0.4) is 0 Å². The van der Waals surface area contributed by atoms with E-state index in [9.17, 15) is 0 Å². The van der Waals surface area contributed by atoms with Gasteiger partial charge in [-0.2, -0.15) is 0 Å². The highest BCUT2D eigenvalue weighted by Gasteiger charge is 2.11. The van der Waals surface area contributed by atoms with Gasteiger partial charge in [-0.1, -0.05) is 6.07 Å². The molecule has 0 saturated heterocycles. The summed E-state index contributed by atoms with van der Waals surface area (Å²) in [7, 11) is 0. The van der Waals surface area contributed by atoms with Crippen molar-refractivity contribution in [2.24, 2.45) is 0 Å². The van der Waals surface area contributed by atoms with Gasteiger partial charge in [-0.05, 0) is 24.1 Å². The number of aromatic nitrogens is 1. The predicted molar refractivity (Wildman–Crippen MR) is 71.7 cm³/mol. The maximum absolute atomic E-state index is 5.56. The van der Waals surface area contributed by atoms with Crippen LogP contribution >= 0.6 is 11.3 Å². The molecule has 1 aliphatic heterocycles. The summed E-state index contributed by atoms with van der Waals surface area (Å²) in [4.78, 5) is 4.18. The second-order valence-corrected chi connectivity index (χ2v) is 4.89. The SMILES string of the molecule is c1csc(NCCc2ccc3c(c2)OCCO3)n1. The molecule has 1 aromatic heterocycles. The maximum Gasteiger partial charge on any atom is 0.182 e. The molecule has 0 fully saturated rings. The van der Waals surface area contributed by atoms with Crippen LogP contribution in [0.25, 0.3) is 0 Å². The lowest BCUT2D eigenvalue weighted by atomic mass is 10.1. The first-order valence-electron chi connectivity index (χ1n) is 5.94. The number of hydrogen-bond acceptors (Lipinski definition) is 5. The van der Waals surface area contributed by atoms with Crippen molar-refractivity contribution < 1.29 is 9.47 Å². The molecule has 94 valence electrons. The molecule has 0 aliphatic carbocycles. The third kappa shape index (κ3) is 2.56. The highest BCUT2D eigenvalue weighted by Crippen LogP contribution is 2.30. The monoisotopic (exact) mass is 262 g/mol. The van der Waals surface area contributed by atoms with E-state index in [1.165, 1.54) is 5.56 Å². The molecule has 0 amide bonds. The van der Waals surface area contributed by atoms with E-state index in [-0.39, 0.29) is 0 Å². The number of fused-ring (bicyclic) bond motifs is 1. The third-order valence-corrected chi connectivity index (χ3v) is 3.46. The van der Waals surface area contributed by atoms with Gasteiger partial charge >= 0.3 is 0 Å². The van der Waals surface area contributed by atoms with Crippen LogP contribution in [-0.4, -0.2) is 24.7 Å². The molecule has 4 nitrogen and oxygen atoms in total. The van der Waals surface area contributed by atoms with Gasteiger partial charge in [0.05, 0.1) is 0 Å². The normalized spacial score (nSPS) is 13.3. The lowest BCUT2D eigenvalue weighted by Gasteiger charge is -2.18. The molecule has 0 atom stereocenters. The Balaban J connectivity index is 1.59. The Morgan fingerprint density at radius 1 is 1.22 bits per heavy atom. The van der Waals surface area contributed by atoms with Gasteiger partial charge in [-0.15, -0.1) is 11.3 Å². The van der Waals surface area contributed by atoms with Gasteiger partial charge in [-0.25, -0.2) is 4.98 Å². The van der Waals surface area contributed by atoms with Gasteiger partial charge < -0.3 is 14.8 Å². The first kappa shape index (κ1) is 11.3. The molecule has 1 N–H and O–H groups in total. The summed E-state index contributed by atoms with van der Waals surface area (Å²) in [6.07, 6.45) is 2.74. The molecule has 2 heterocycles. The summed E-state index contributed by atoms with van der Waals surface area (Å²) in [6, 6.07) is 6.11. The number of anilines is 1. The van der Waals surface area contributed by atoms with Gasteiger partial charge in [0, 0.05) is 18.1 Å². The Labute approximate surface area is 110 Å². The van der Waals surface area contributed by atoms with Crippen LogP contribution in [0.2, 0.25) is 0 Å². The molecule has 1 aromatic carbocycles. The topological polar surface area (TPSA) is 43.4 Å². The van der Waals surface area contributed by atoms with E-state index in [1.807, 2.05) is 11.4 Å². The number of ether oxygens (including phenoxy) is 2. The highest BCUT2D eigenvalue weighted by molar-refractivity contribution is 7.13. The van der Waals surface area contributed by atoms with E-state index in [0.29, 0.717) is 13.2 Å².